The maximum atomic E-state index is 11.9. The Balaban J connectivity index is 2.20. The maximum Gasteiger partial charge on any atom is 0.348 e. The molecule has 0 aliphatic rings. The summed E-state index contributed by atoms with van der Waals surface area (Å²) in [6.07, 6.45) is 2.38. The van der Waals surface area contributed by atoms with Gasteiger partial charge in [0, 0.05) is 30.7 Å². The summed E-state index contributed by atoms with van der Waals surface area (Å²) in [5.74, 6) is 0.705. The molecule has 0 radical (unpaired) electrons. The predicted octanol–water partition coefficient (Wildman–Crippen LogP) is 0.474. The van der Waals surface area contributed by atoms with E-state index >= 15 is 0 Å². The number of nitrogens with one attached hydrogen (secondary N) is 1. The Bertz CT molecular complexity index is 890. The van der Waals surface area contributed by atoms with E-state index in [1.165, 1.54) is 10.8 Å². The van der Waals surface area contributed by atoms with E-state index < -0.39 is 9.84 Å². The topological polar surface area (TPSA) is 107 Å². The van der Waals surface area contributed by atoms with E-state index in [0.717, 1.165) is 11.9 Å². The second-order valence-corrected chi connectivity index (χ2v) is 7.29. The zero-order valence-electron chi connectivity index (χ0n) is 13.5. The summed E-state index contributed by atoms with van der Waals surface area (Å²) >= 11 is 0. The molecule has 2 rings (SSSR count). The van der Waals surface area contributed by atoms with E-state index in [1.54, 1.807) is 13.8 Å². The van der Waals surface area contributed by atoms with Gasteiger partial charge in [-0.3, -0.25) is 4.57 Å². The fourth-order valence-corrected chi connectivity index (χ4v) is 2.90. The summed E-state index contributed by atoms with van der Waals surface area (Å²) < 4.78 is 25.0. The monoisotopic (exact) mass is 337 g/mol. The molecule has 0 aliphatic carbocycles. The number of hydrogen-bond donors (Lipinski definition) is 1. The van der Waals surface area contributed by atoms with E-state index in [1.807, 2.05) is 13.0 Å². The molecule has 23 heavy (non-hydrogen) atoms. The largest absolute Gasteiger partial charge is 0.367 e. The van der Waals surface area contributed by atoms with Crippen molar-refractivity contribution in [2.75, 3.05) is 18.1 Å². The third-order valence-corrected chi connectivity index (χ3v) is 4.35. The first-order valence-corrected chi connectivity index (χ1v) is 8.90. The molecule has 0 aliphatic heterocycles. The molecule has 0 saturated heterocycles. The first-order valence-electron chi connectivity index (χ1n) is 7.01. The van der Waals surface area contributed by atoms with Gasteiger partial charge >= 0.3 is 5.69 Å². The van der Waals surface area contributed by atoms with Crippen LogP contribution in [0, 0.1) is 20.8 Å². The van der Waals surface area contributed by atoms with Crippen LogP contribution in [-0.2, 0) is 16.4 Å². The number of rotatable bonds is 5. The van der Waals surface area contributed by atoms with Crippen molar-refractivity contribution in [1.29, 1.82) is 0 Å². The van der Waals surface area contributed by atoms with Gasteiger partial charge in [-0.1, -0.05) is 0 Å². The van der Waals surface area contributed by atoms with Crippen molar-refractivity contribution in [1.82, 2.24) is 19.5 Å². The Kier molecular flexibility index (Phi) is 4.79. The molecular formula is C14H19N5O3S. The third-order valence-electron chi connectivity index (χ3n) is 3.25. The summed E-state index contributed by atoms with van der Waals surface area (Å²) in [4.78, 5) is 23.9. The standard InChI is InChI=1S/C14H19N5O3S/c1-9-7-10(2)19(14(20)17-9)6-5-15-13-12(23(4,21)22)8-16-11(3)18-13/h7-8H,5-6H2,1-4H3,(H,15,16,18). The van der Waals surface area contributed by atoms with Crippen molar-refractivity contribution in [2.45, 2.75) is 32.2 Å². The van der Waals surface area contributed by atoms with Gasteiger partial charge in [0.1, 0.15) is 16.5 Å². The van der Waals surface area contributed by atoms with Crippen molar-refractivity contribution < 1.29 is 8.42 Å². The molecular weight excluding hydrogens is 318 g/mol. The van der Waals surface area contributed by atoms with Crippen LogP contribution < -0.4 is 11.0 Å². The fraction of sp³-hybridized carbons (Fsp3) is 0.429. The van der Waals surface area contributed by atoms with Gasteiger partial charge in [-0.05, 0) is 26.8 Å². The number of anilines is 1. The van der Waals surface area contributed by atoms with Crippen LogP contribution in [0.2, 0.25) is 0 Å². The maximum absolute atomic E-state index is 11.9. The molecule has 0 bridgehead atoms. The van der Waals surface area contributed by atoms with Crippen molar-refractivity contribution in [3.05, 3.63) is 40.0 Å². The van der Waals surface area contributed by atoms with Gasteiger partial charge in [-0.25, -0.2) is 23.2 Å². The zero-order chi connectivity index (χ0) is 17.2. The molecule has 0 saturated carbocycles. The quantitative estimate of drug-likeness (QED) is 0.845. The van der Waals surface area contributed by atoms with Crippen molar-refractivity contribution in [3.63, 3.8) is 0 Å². The van der Waals surface area contributed by atoms with Gasteiger partial charge in [-0.15, -0.1) is 0 Å². The predicted molar refractivity (Wildman–Crippen MR) is 86.3 cm³/mol. The van der Waals surface area contributed by atoms with Crippen LogP contribution >= 0.6 is 0 Å². The summed E-state index contributed by atoms with van der Waals surface area (Å²) in [6.45, 7) is 5.95. The second kappa shape index (κ2) is 6.45. The van der Waals surface area contributed by atoms with Crippen LogP contribution in [0.3, 0.4) is 0 Å². The van der Waals surface area contributed by atoms with Crippen LogP contribution in [0.5, 0.6) is 0 Å². The first-order chi connectivity index (χ1) is 10.7. The molecule has 0 spiro atoms. The van der Waals surface area contributed by atoms with E-state index in [0.29, 0.717) is 24.6 Å². The number of hydrogen-bond acceptors (Lipinski definition) is 7. The highest BCUT2D eigenvalue weighted by atomic mass is 32.2. The van der Waals surface area contributed by atoms with Crippen LogP contribution in [0.4, 0.5) is 5.82 Å². The van der Waals surface area contributed by atoms with Crippen molar-refractivity contribution >= 4 is 15.7 Å². The Labute approximate surface area is 134 Å². The van der Waals surface area contributed by atoms with E-state index in [4.69, 9.17) is 0 Å². The van der Waals surface area contributed by atoms with Crippen molar-refractivity contribution in [2.24, 2.45) is 0 Å². The lowest BCUT2D eigenvalue weighted by Crippen LogP contribution is -2.28. The summed E-state index contributed by atoms with van der Waals surface area (Å²) in [5.41, 5.74) is 1.14. The van der Waals surface area contributed by atoms with Gasteiger partial charge in [0.2, 0.25) is 0 Å². The molecule has 2 heterocycles. The third kappa shape index (κ3) is 4.13. The number of nitrogens with zero attached hydrogens (tertiary/aromatic N) is 4. The SMILES string of the molecule is Cc1cc(C)n(CCNc2nc(C)ncc2S(C)(=O)=O)c(=O)n1. The minimum absolute atomic E-state index is 0.0363. The summed E-state index contributed by atoms with van der Waals surface area (Å²) in [6, 6.07) is 1.82. The normalized spacial score (nSPS) is 11.5. The van der Waals surface area contributed by atoms with Gasteiger partial charge in [0.25, 0.3) is 0 Å². The van der Waals surface area contributed by atoms with E-state index in [-0.39, 0.29) is 16.4 Å². The average Bonchev–Trinajstić information content (AvgIpc) is 2.40. The molecule has 124 valence electrons. The minimum Gasteiger partial charge on any atom is -0.367 e. The number of aromatic nitrogens is 4. The smallest absolute Gasteiger partial charge is 0.348 e. The molecule has 2 aromatic heterocycles. The highest BCUT2D eigenvalue weighted by Crippen LogP contribution is 2.17. The fourth-order valence-electron chi connectivity index (χ4n) is 2.19. The number of aryl methyl sites for hydroxylation is 3. The molecule has 9 heteroatoms. The summed E-state index contributed by atoms with van der Waals surface area (Å²) in [7, 11) is -3.44. The van der Waals surface area contributed by atoms with Crippen LogP contribution in [-0.4, -0.2) is 40.7 Å². The molecule has 0 fully saturated rings. The van der Waals surface area contributed by atoms with Gasteiger partial charge in [-0.2, -0.15) is 4.98 Å². The van der Waals surface area contributed by atoms with Crippen LogP contribution in [0.15, 0.2) is 22.0 Å². The lowest BCUT2D eigenvalue weighted by molar-refractivity contribution is 0.600. The molecule has 2 aromatic rings. The summed E-state index contributed by atoms with van der Waals surface area (Å²) in [5, 5.41) is 2.96. The average molecular weight is 337 g/mol. The zero-order valence-corrected chi connectivity index (χ0v) is 14.3. The Morgan fingerprint density at radius 2 is 1.91 bits per heavy atom. The molecule has 0 aromatic carbocycles. The lowest BCUT2D eigenvalue weighted by atomic mass is 10.3. The molecule has 0 unspecified atom stereocenters. The van der Waals surface area contributed by atoms with Crippen LogP contribution in [0.1, 0.15) is 17.2 Å². The Hall–Kier alpha value is -2.29. The highest BCUT2D eigenvalue weighted by Gasteiger charge is 2.15. The highest BCUT2D eigenvalue weighted by molar-refractivity contribution is 7.90. The van der Waals surface area contributed by atoms with Crippen LogP contribution in [0.25, 0.3) is 0 Å². The van der Waals surface area contributed by atoms with E-state index in [9.17, 15) is 13.2 Å². The lowest BCUT2D eigenvalue weighted by Gasteiger charge is -2.12. The van der Waals surface area contributed by atoms with Gasteiger partial charge in [0.05, 0.1) is 6.20 Å². The molecule has 0 atom stereocenters. The molecule has 0 amide bonds. The second-order valence-electron chi connectivity index (χ2n) is 5.30. The molecule has 1 N–H and O–H groups in total. The minimum atomic E-state index is -3.44. The molecule has 8 nitrogen and oxygen atoms in total. The first kappa shape index (κ1) is 17.1. The van der Waals surface area contributed by atoms with Crippen molar-refractivity contribution in [3.8, 4) is 0 Å². The van der Waals surface area contributed by atoms with Gasteiger partial charge < -0.3 is 5.32 Å². The Morgan fingerprint density at radius 1 is 1.22 bits per heavy atom. The Morgan fingerprint density at radius 3 is 2.52 bits per heavy atom. The van der Waals surface area contributed by atoms with Gasteiger partial charge in [0.15, 0.2) is 9.84 Å². The van der Waals surface area contributed by atoms with E-state index in [2.05, 4.69) is 20.3 Å². The number of sulfone groups is 1.